The van der Waals surface area contributed by atoms with Crippen LogP contribution in [0.5, 0.6) is 0 Å². The van der Waals surface area contributed by atoms with Crippen LogP contribution in [0.4, 0.5) is 13.2 Å². The molecule has 3 rings (SSSR count). The van der Waals surface area contributed by atoms with Crippen molar-refractivity contribution in [2.75, 3.05) is 0 Å². The Balaban J connectivity index is 1.76. The number of carbonyl (C=O) groups excluding carboxylic acids is 1. The lowest BCUT2D eigenvalue weighted by Crippen LogP contribution is -2.21. The van der Waals surface area contributed by atoms with Crippen molar-refractivity contribution in [2.24, 2.45) is 0 Å². The Bertz CT molecular complexity index is 887. The Morgan fingerprint density at radius 1 is 1.08 bits per heavy atom. The van der Waals surface area contributed by atoms with Crippen LogP contribution in [0, 0.1) is 0 Å². The van der Waals surface area contributed by atoms with Gasteiger partial charge in [0.1, 0.15) is 0 Å². The van der Waals surface area contributed by atoms with Crippen molar-refractivity contribution < 1.29 is 18.0 Å². The molecule has 0 radical (unpaired) electrons. The van der Waals surface area contributed by atoms with E-state index in [4.69, 9.17) is 11.6 Å². The topological polar surface area (TPSA) is 29.1 Å². The summed E-state index contributed by atoms with van der Waals surface area (Å²) in [5.41, 5.74) is 0.161. The van der Waals surface area contributed by atoms with Gasteiger partial charge in [0.15, 0.2) is 0 Å². The second kappa shape index (κ2) is 6.45. The first-order chi connectivity index (χ1) is 11.3. The van der Waals surface area contributed by atoms with E-state index in [1.54, 1.807) is 24.3 Å². The van der Waals surface area contributed by atoms with Crippen molar-refractivity contribution in [2.45, 2.75) is 12.7 Å². The molecule has 0 unspecified atom stereocenters. The molecule has 0 aliphatic heterocycles. The van der Waals surface area contributed by atoms with E-state index >= 15 is 0 Å². The molecule has 24 heavy (non-hydrogen) atoms. The molecular weight excluding hydrogens is 359 g/mol. The van der Waals surface area contributed by atoms with E-state index < -0.39 is 11.7 Å². The molecule has 1 N–H and O–H groups in total. The fraction of sp³-hybridized carbons (Fsp3) is 0.118. The number of alkyl halides is 3. The highest BCUT2D eigenvalue weighted by Crippen LogP contribution is 2.34. The third-order valence-electron chi connectivity index (χ3n) is 3.43. The maximum atomic E-state index is 12.7. The third kappa shape index (κ3) is 3.71. The van der Waals surface area contributed by atoms with E-state index in [1.807, 2.05) is 0 Å². The molecule has 2 nitrogen and oxygen atoms in total. The zero-order valence-electron chi connectivity index (χ0n) is 12.2. The van der Waals surface area contributed by atoms with Crippen molar-refractivity contribution in [3.05, 3.63) is 69.6 Å². The highest BCUT2D eigenvalue weighted by atomic mass is 35.5. The Morgan fingerprint density at radius 2 is 1.79 bits per heavy atom. The molecule has 0 aliphatic carbocycles. The molecule has 1 aromatic heterocycles. The summed E-state index contributed by atoms with van der Waals surface area (Å²) in [5.74, 6) is -0.320. The van der Waals surface area contributed by atoms with Gasteiger partial charge in [0, 0.05) is 16.3 Å². The minimum Gasteiger partial charge on any atom is -0.347 e. The summed E-state index contributed by atoms with van der Waals surface area (Å²) >= 11 is 6.96. The highest BCUT2D eigenvalue weighted by Gasteiger charge is 2.30. The van der Waals surface area contributed by atoms with Crippen LogP contribution in [0.3, 0.4) is 0 Å². The van der Waals surface area contributed by atoms with Crippen LogP contribution in [-0.2, 0) is 12.7 Å². The molecule has 0 bridgehead atoms. The Hall–Kier alpha value is -2.05. The summed E-state index contributed by atoms with van der Waals surface area (Å²) in [6.45, 7) is 0.318. The van der Waals surface area contributed by atoms with Crippen LogP contribution in [0.2, 0.25) is 5.02 Å². The molecule has 1 heterocycles. The largest absolute Gasteiger partial charge is 0.416 e. The van der Waals surface area contributed by atoms with Crippen molar-refractivity contribution in [1.82, 2.24) is 5.32 Å². The maximum Gasteiger partial charge on any atom is 0.416 e. The second-order valence-corrected chi connectivity index (χ2v) is 6.69. The van der Waals surface area contributed by atoms with Gasteiger partial charge in [0.2, 0.25) is 0 Å². The summed E-state index contributed by atoms with van der Waals surface area (Å²) in [7, 11) is 0. The molecule has 0 aliphatic rings. The van der Waals surface area contributed by atoms with Crippen molar-refractivity contribution in [3.63, 3.8) is 0 Å². The lowest BCUT2D eigenvalue weighted by Gasteiger charge is -2.05. The SMILES string of the molecule is O=C(NCc1ccc(Cl)cc1)c1cc2cc(C(F)(F)F)ccc2s1. The lowest BCUT2D eigenvalue weighted by molar-refractivity contribution is -0.137. The number of rotatable bonds is 3. The smallest absolute Gasteiger partial charge is 0.347 e. The third-order valence-corrected chi connectivity index (χ3v) is 4.80. The molecule has 0 atom stereocenters. The minimum atomic E-state index is -4.40. The van der Waals surface area contributed by atoms with Gasteiger partial charge in [-0.1, -0.05) is 23.7 Å². The van der Waals surface area contributed by atoms with Gasteiger partial charge in [-0.25, -0.2) is 0 Å². The van der Waals surface area contributed by atoms with Gasteiger partial charge < -0.3 is 5.32 Å². The quantitative estimate of drug-likeness (QED) is 0.648. The number of hydrogen-bond donors (Lipinski definition) is 1. The number of halogens is 4. The van der Waals surface area contributed by atoms with Gasteiger partial charge in [-0.15, -0.1) is 11.3 Å². The van der Waals surface area contributed by atoms with Crippen molar-refractivity contribution in [1.29, 1.82) is 0 Å². The number of nitrogens with one attached hydrogen (secondary N) is 1. The average Bonchev–Trinajstić information content (AvgIpc) is 2.96. The number of carbonyl (C=O) groups is 1. The maximum absolute atomic E-state index is 12.7. The zero-order valence-corrected chi connectivity index (χ0v) is 13.7. The summed E-state index contributed by atoms with van der Waals surface area (Å²) in [6, 6.07) is 12.0. The molecule has 0 saturated heterocycles. The monoisotopic (exact) mass is 369 g/mol. The van der Waals surface area contributed by atoms with Gasteiger partial charge in [-0.3, -0.25) is 4.79 Å². The molecule has 1 amide bonds. The van der Waals surface area contributed by atoms with Gasteiger partial charge in [-0.2, -0.15) is 13.2 Å². The number of fused-ring (bicyclic) bond motifs is 1. The van der Waals surface area contributed by atoms with Crippen molar-refractivity contribution in [3.8, 4) is 0 Å². The molecule has 7 heteroatoms. The van der Waals surface area contributed by atoms with Crippen LogP contribution >= 0.6 is 22.9 Å². The average molecular weight is 370 g/mol. The first-order valence-electron chi connectivity index (χ1n) is 6.96. The molecule has 0 spiro atoms. The normalized spacial score (nSPS) is 11.7. The highest BCUT2D eigenvalue weighted by molar-refractivity contribution is 7.20. The lowest BCUT2D eigenvalue weighted by atomic mass is 10.1. The molecule has 124 valence electrons. The van der Waals surface area contributed by atoms with Crippen LogP contribution in [-0.4, -0.2) is 5.91 Å². The minimum absolute atomic E-state index is 0.318. The number of amides is 1. The van der Waals surface area contributed by atoms with E-state index in [0.29, 0.717) is 26.5 Å². The van der Waals surface area contributed by atoms with Gasteiger partial charge >= 0.3 is 6.18 Å². The fourth-order valence-corrected chi connectivity index (χ4v) is 3.29. The van der Waals surface area contributed by atoms with E-state index in [-0.39, 0.29) is 5.91 Å². The molecule has 0 fully saturated rings. The summed E-state index contributed by atoms with van der Waals surface area (Å²) in [5, 5.41) is 3.76. The Kier molecular flexibility index (Phi) is 4.51. The second-order valence-electron chi connectivity index (χ2n) is 5.17. The van der Waals surface area contributed by atoms with E-state index in [1.165, 1.54) is 12.1 Å². The Labute approximate surface area is 144 Å². The number of benzene rings is 2. The van der Waals surface area contributed by atoms with Gasteiger partial charge in [0.25, 0.3) is 5.91 Å². The molecule has 0 saturated carbocycles. The van der Waals surface area contributed by atoms with Gasteiger partial charge in [0.05, 0.1) is 10.4 Å². The van der Waals surface area contributed by atoms with E-state index in [2.05, 4.69) is 5.32 Å². The first kappa shape index (κ1) is 16.8. The predicted molar refractivity (Wildman–Crippen MR) is 89.4 cm³/mol. The standard InChI is InChI=1S/C17H11ClF3NOS/c18-13-4-1-10(2-5-13)9-22-16(23)15-8-11-7-12(17(19,20)21)3-6-14(11)24-15/h1-8H,9H2,(H,22,23). The first-order valence-corrected chi connectivity index (χ1v) is 8.16. The molecule has 2 aromatic carbocycles. The zero-order chi connectivity index (χ0) is 17.3. The summed E-state index contributed by atoms with van der Waals surface area (Å²) in [4.78, 5) is 12.6. The van der Waals surface area contributed by atoms with Crippen LogP contribution in [0.15, 0.2) is 48.5 Å². The van der Waals surface area contributed by atoms with E-state index in [0.717, 1.165) is 29.0 Å². The van der Waals surface area contributed by atoms with Crippen molar-refractivity contribution >= 4 is 38.9 Å². The van der Waals surface area contributed by atoms with Crippen LogP contribution in [0.1, 0.15) is 20.8 Å². The summed E-state index contributed by atoms with van der Waals surface area (Å²) < 4.78 is 38.8. The summed E-state index contributed by atoms with van der Waals surface area (Å²) in [6.07, 6.45) is -4.40. The fourth-order valence-electron chi connectivity index (χ4n) is 2.20. The Morgan fingerprint density at radius 3 is 2.46 bits per heavy atom. The van der Waals surface area contributed by atoms with Crippen LogP contribution < -0.4 is 5.32 Å². The molecule has 3 aromatic rings. The molecular formula is C17H11ClF3NOS. The van der Waals surface area contributed by atoms with Gasteiger partial charge in [-0.05, 0) is 47.3 Å². The number of thiophene rings is 1. The predicted octanol–water partition coefficient (Wildman–Crippen LogP) is 5.50. The number of hydrogen-bond acceptors (Lipinski definition) is 2. The van der Waals surface area contributed by atoms with Crippen LogP contribution in [0.25, 0.3) is 10.1 Å². The van der Waals surface area contributed by atoms with E-state index in [9.17, 15) is 18.0 Å².